The van der Waals surface area contributed by atoms with Crippen molar-refractivity contribution in [1.82, 2.24) is 14.8 Å². The largest absolute Gasteiger partial charge is 0.493 e. The number of H-pyrrole nitrogens is 1. The number of hydrogen-bond donors (Lipinski definition) is 1. The molecule has 1 saturated heterocycles. The third-order valence-corrected chi connectivity index (χ3v) is 6.10. The van der Waals surface area contributed by atoms with Crippen LogP contribution in [0.15, 0.2) is 42.6 Å². The minimum Gasteiger partial charge on any atom is -0.493 e. The van der Waals surface area contributed by atoms with Gasteiger partial charge in [-0.25, -0.2) is 4.79 Å². The summed E-state index contributed by atoms with van der Waals surface area (Å²) in [6.07, 6.45) is 1.79. The number of para-hydroxylation sites is 1. The molecule has 4 rings (SSSR count). The van der Waals surface area contributed by atoms with Crippen molar-refractivity contribution in [1.29, 1.82) is 0 Å². The van der Waals surface area contributed by atoms with Crippen molar-refractivity contribution in [3.05, 3.63) is 53.7 Å². The number of amides is 4. The molecule has 9 nitrogen and oxygen atoms in total. The highest BCUT2D eigenvalue weighted by Gasteiger charge is 2.48. The molecule has 3 aromatic rings. The molecule has 172 valence electrons. The van der Waals surface area contributed by atoms with Gasteiger partial charge < -0.3 is 19.2 Å². The van der Waals surface area contributed by atoms with Crippen molar-refractivity contribution in [3.63, 3.8) is 0 Å². The minimum absolute atomic E-state index is 0.394. The van der Waals surface area contributed by atoms with Crippen LogP contribution in [-0.2, 0) is 9.59 Å². The smallest absolute Gasteiger partial charge is 0.332 e. The average Bonchev–Trinajstić information content (AvgIpc) is 3.26. The Morgan fingerprint density at radius 3 is 2.00 bits per heavy atom. The first kappa shape index (κ1) is 22.2. The van der Waals surface area contributed by atoms with Gasteiger partial charge in [-0.2, -0.15) is 0 Å². The number of fused-ring (bicyclic) bond motifs is 1. The zero-order chi connectivity index (χ0) is 23.9. The number of imide groups is 2. The topological polar surface area (TPSA) is 101 Å². The first-order chi connectivity index (χ1) is 15.8. The van der Waals surface area contributed by atoms with Crippen molar-refractivity contribution < 1.29 is 28.6 Å². The number of hydrogen-bond acceptors (Lipinski definition) is 6. The highest BCUT2D eigenvalue weighted by atomic mass is 16.5. The summed E-state index contributed by atoms with van der Waals surface area (Å²) in [5.74, 6) is -1.87. The van der Waals surface area contributed by atoms with Gasteiger partial charge in [0.05, 0.1) is 21.3 Å². The van der Waals surface area contributed by atoms with E-state index < -0.39 is 29.7 Å². The Labute approximate surface area is 190 Å². The van der Waals surface area contributed by atoms with Crippen LogP contribution in [0, 0.1) is 5.92 Å². The van der Waals surface area contributed by atoms with Crippen LogP contribution in [0.5, 0.6) is 17.2 Å². The van der Waals surface area contributed by atoms with Crippen molar-refractivity contribution in [2.75, 3.05) is 35.4 Å². The van der Waals surface area contributed by atoms with E-state index in [4.69, 9.17) is 14.2 Å². The van der Waals surface area contributed by atoms with E-state index in [1.807, 2.05) is 24.3 Å². The number of urea groups is 1. The second kappa shape index (κ2) is 8.50. The van der Waals surface area contributed by atoms with Crippen LogP contribution in [0.4, 0.5) is 4.79 Å². The van der Waals surface area contributed by atoms with Crippen LogP contribution in [0.1, 0.15) is 17.0 Å². The standard InChI is InChI=1S/C24H25N3O6/c1-26-22(28)20(23(29)27(2)24(26)30)19(15-12-25-16-9-7-6-8-14(15)16)13-10-17(31-3)21(33-5)18(11-13)32-4/h6-12,19-20,25H,1-5H3. The molecule has 1 aliphatic rings. The Morgan fingerprint density at radius 1 is 0.879 bits per heavy atom. The predicted molar refractivity (Wildman–Crippen MR) is 121 cm³/mol. The van der Waals surface area contributed by atoms with E-state index in [9.17, 15) is 14.4 Å². The molecule has 1 N–H and O–H groups in total. The number of nitrogens with one attached hydrogen (secondary N) is 1. The number of aromatic nitrogens is 1. The van der Waals surface area contributed by atoms with E-state index >= 15 is 0 Å². The number of methoxy groups -OCH3 is 3. The molecule has 4 amide bonds. The molecule has 9 heteroatoms. The van der Waals surface area contributed by atoms with Gasteiger partial charge in [0.15, 0.2) is 11.5 Å². The molecule has 0 radical (unpaired) electrons. The van der Waals surface area contributed by atoms with E-state index in [1.54, 1.807) is 18.3 Å². The summed E-state index contributed by atoms with van der Waals surface area (Å²) in [6.45, 7) is 0. The van der Waals surface area contributed by atoms with Crippen LogP contribution >= 0.6 is 0 Å². The number of barbiturate groups is 1. The summed E-state index contributed by atoms with van der Waals surface area (Å²) in [5.41, 5.74) is 2.21. The van der Waals surface area contributed by atoms with E-state index in [2.05, 4.69) is 4.98 Å². The highest BCUT2D eigenvalue weighted by Crippen LogP contribution is 2.45. The zero-order valence-corrected chi connectivity index (χ0v) is 19.0. The minimum atomic E-state index is -1.17. The van der Waals surface area contributed by atoms with Gasteiger partial charge in [-0.15, -0.1) is 0 Å². The first-order valence-electron chi connectivity index (χ1n) is 10.3. The van der Waals surface area contributed by atoms with E-state index in [-0.39, 0.29) is 0 Å². The number of aromatic amines is 1. The van der Waals surface area contributed by atoms with Gasteiger partial charge in [0, 0.05) is 37.1 Å². The molecule has 0 spiro atoms. The molecule has 1 aliphatic heterocycles. The van der Waals surface area contributed by atoms with Gasteiger partial charge in [0.1, 0.15) is 5.92 Å². The second-order valence-corrected chi connectivity index (χ2v) is 7.78. The van der Waals surface area contributed by atoms with Crippen molar-refractivity contribution >= 4 is 28.7 Å². The third kappa shape index (κ3) is 3.45. The van der Waals surface area contributed by atoms with Crippen LogP contribution in [0.2, 0.25) is 0 Å². The predicted octanol–water partition coefficient (Wildman–Crippen LogP) is 2.99. The number of nitrogens with zero attached hydrogens (tertiary/aromatic N) is 2. The molecular formula is C24H25N3O6. The summed E-state index contributed by atoms with van der Waals surface area (Å²) in [6, 6.07) is 10.4. The Hall–Kier alpha value is -4.01. The Balaban J connectivity index is 2.00. The molecule has 2 aromatic carbocycles. The summed E-state index contributed by atoms with van der Waals surface area (Å²) in [5, 5.41) is 0.860. The first-order valence-corrected chi connectivity index (χ1v) is 10.3. The molecular weight excluding hydrogens is 426 g/mol. The number of benzene rings is 2. The quantitative estimate of drug-likeness (QED) is 0.578. The fraction of sp³-hybridized carbons (Fsp3) is 0.292. The molecule has 1 aromatic heterocycles. The molecule has 2 heterocycles. The molecule has 33 heavy (non-hydrogen) atoms. The Bertz CT molecular complexity index is 1200. The van der Waals surface area contributed by atoms with E-state index in [0.717, 1.165) is 26.3 Å². The van der Waals surface area contributed by atoms with Crippen molar-refractivity contribution in [2.24, 2.45) is 5.92 Å². The van der Waals surface area contributed by atoms with E-state index in [0.29, 0.717) is 22.8 Å². The molecule has 1 fully saturated rings. The fourth-order valence-electron chi connectivity index (χ4n) is 4.41. The Morgan fingerprint density at radius 2 is 1.45 bits per heavy atom. The van der Waals surface area contributed by atoms with Gasteiger partial charge in [0.25, 0.3) is 0 Å². The summed E-state index contributed by atoms with van der Waals surface area (Å²) in [4.78, 5) is 44.2. The second-order valence-electron chi connectivity index (χ2n) is 7.78. The molecule has 0 saturated carbocycles. The maximum absolute atomic E-state index is 13.3. The van der Waals surface area contributed by atoms with Crippen molar-refractivity contribution in [3.8, 4) is 17.2 Å². The van der Waals surface area contributed by atoms with E-state index in [1.165, 1.54) is 35.4 Å². The van der Waals surface area contributed by atoms with Crippen LogP contribution < -0.4 is 14.2 Å². The lowest BCUT2D eigenvalue weighted by atomic mass is 9.78. The highest BCUT2D eigenvalue weighted by molar-refractivity contribution is 6.16. The summed E-state index contributed by atoms with van der Waals surface area (Å²) in [7, 11) is 7.25. The maximum Gasteiger partial charge on any atom is 0.332 e. The van der Waals surface area contributed by atoms with Crippen LogP contribution in [0.25, 0.3) is 10.9 Å². The lowest BCUT2D eigenvalue weighted by Crippen LogP contribution is -2.58. The normalized spacial score (nSPS) is 15.8. The zero-order valence-electron chi connectivity index (χ0n) is 19.0. The van der Waals surface area contributed by atoms with Crippen molar-refractivity contribution in [2.45, 2.75) is 5.92 Å². The average molecular weight is 451 g/mol. The third-order valence-electron chi connectivity index (χ3n) is 6.10. The number of rotatable bonds is 6. The molecule has 1 unspecified atom stereocenters. The van der Waals surface area contributed by atoms with Gasteiger partial charge in [-0.05, 0) is 29.3 Å². The monoisotopic (exact) mass is 451 g/mol. The molecule has 0 aliphatic carbocycles. The van der Waals surface area contributed by atoms with Crippen LogP contribution in [0.3, 0.4) is 0 Å². The fourth-order valence-corrected chi connectivity index (χ4v) is 4.41. The summed E-state index contributed by atoms with van der Waals surface area (Å²) < 4.78 is 16.5. The molecule has 1 atom stereocenters. The lowest BCUT2D eigenvalue weighted by molar-refractivity contribution is -0.148. The number of carbonyl (C=O) groups is 3. The van der Waals surface area contributed by atoms with Gasteiger partial charge >= 0.3 is 6.03 Å². The Kier molecular flexibility index (Phi) is 5.71. The van der Waals surface area contributed by atoms with Gasteiger partial charge in [-0.3, -0.25) is 19.4 Å². The van der Waals surface area contributed by atoms with Gasteiger partial charge in [0.2, 0.25) is 17.6 Å². The SMILES string of the molecule is COc1cc(C(c2c[nH]c3ccccc23)C2C(=O)N(C)C(=O)N(C)C2=O)cc(OC)c1OC. The maximum atomic E-state index is 13.3. The van der Waals surface area contributed by atoms with Crippen LogP contribution in [-0.4, -0.2) is 68.1 Å². The number of ether oxygens (including phenoxy) is 3. The number of carbonyl (C=O) groups excluding carboxylic acids is 3. The van der Waals surface area contributed by atoms with Gasteiger partial charge in [-0.1, -0.05) is 18.2 Å². The lowest BCUT2D eigenvalue weighted by Gasteiger charge is -2.37. The molecule has 0 bridgehead atoms. The summed E-state index contributed by atoms with van der Waals surface area (Å²) >= 11 is 0.